The summed E-state index contributed by atoms with van der Waals surface area (Å²) in [6, 6.07) is 14.2. The van der Waals surface area contributed by atoms with Crippen molar-refractivity contribution in [2.45, 2.75) is 13.5 Å². The number of aromatic nitrogens is 1. The zero-order valence-corrected chi connectivity index (χ0v) is 13.9. The van der Waals surface area contributed by atoms with Crippen molar-refractivity contribution in [3.8, 4) is 0 Å². The highest BCUT2D eigenvalue weighted by molar-refractivity contribution is 9.10. The Hall–Kier alpha value is -1.58. The molecule has 4 heteroatoms. The van der Waals surface area contributed by atoms with Crippen LogP contribution in [0.25, 0.3) is 10.9 Å². The number of rotatable bonds is 3. The fourth-order valence-corrected chi connectivity index (χ4v) is 2.88. The molecule has 3 aromatic rings. The van der Waals surface area contributed by atoms with Crippen LogP contribution in [0.1, 0.15) is 11.1 Å². The predicted octanol–water partition coefficient (Wildman–Crippen LogP) is 5.57. The molecule has 1 aromatic heterocycles. The Balaban J connectivity index is 1.88. The molecule has 0 aliphatic rings. The van der Waals surface area contributed by atoms with Crippen molar-refractivity contribution in [3.63, 3.8) is 0 Å². The van der Waals surface area contributed by atoms with Crippen LogP contribution in [0.15, 0.2) is 53.1 Å². The van der Waals surface area contributed by atoms with E-state index in [4.69, 9.17) is 11.6 Å². The van der Waals surface area contributed by atoms with Crippen LogP contribution in [0.5, 0.6) is 0 Å². The number of hydrogen-bond acceptors (Lipinski definition) is 2. The van der Waals surface area contributed by atoms with Gasteiger partial charge in [-0.15, -0.1) is 0 Å². The van der Waals surface area contributed by atoms with E-state index < -0.39 is 0 Å². The quantitative estimate of drug-likeness (QED) is 0.659. The van der Waals surface area contributed by atoms with Crippen LogP contribution in [0.3, 0.4) is 0 Å². The third kappa shape index (κ3) is 3.04. The van der Waals surface area contributed by atoms with Crippen molar-refractivity contribution in [2.24, 2.45) is 0 Å². The van der Waals surface area contributed by atoms with Gasteiger partial charge in [0.25, 0.3) is 0 Å². The fourth-order valence-electron chi connectivity index (χ4n) is 2.24. The summed E-state index contributed by atoms with van der Waals surface area (Å²) in [5.74, 6) is 0. The smallest absolute Gasteiger partial charge is 0.0908 e. The van der Waals surface area contributed by atoms with Gasteiger partial charge >= 0.3 is 0 Å². The monoisotopic (exact) mass is 360 g/mol. The van der Waals surface area contributed by atoms with E-state index in [0.717, 1.165) is 27.6 Å². The van der Waals surface area contributed by atoms with Gasteiger partial charge in [0.1, 0.15) is 0 Å². The molecule has 0 aliphatic heterocycles. The SMILES string of the molecule is Cc1ccc(CNc2ccc(Cl)c3ncccc23)cc1Br. The molecule has 0 bridgehead atoms. The Labute approximate surface area is 137 Å². The molecule has 21 heavy (non-hydrogen) atoms. The third-order valence-electron chi connectivity index (χ3n) is 3.44. The third-order valence-corrected chi connectivity index (χ3v) is 4.60. The zero-order chi connectivity index (χ0) is 14.8. The molecule has 0 fully saturated rings. The summed E-state index contributed by atoms with van der Waals surface area (Å²) in [7, 11) is 0. The van der Waals surface area contributed by atoms with Gasteiger partial charge in [0.05, 0.1) is 10.5 Å². The highest BCUT2D eigenvalue weighted by Gasteiger charge is 2.05. The fraction of sp³-hybridized carbons (Fsp3) is 0.118. The number of fused-ring (bicyclic) bond motifs is 1. The van der Waals surface area contributed by atoms with Crippen LogP contribution in [-0.4, -0.2) is 4.98 Å². The molecule has 0 amide bonds. The lowest BCUT2D eigenvalue weighted by Gasteiger charge is -2.11. The summed E-state index contributed by atoms with van der Waals surface area (Å²) < 4.78 is 1.13. The van der Waals surface area contributed by atoms with E-state index in [-0.39, 0.29) is 0 Å². The molecular weight excluding hydrogens is 348 g/mol. The molecule has 0 saturated carbocycles. The molecule has 0 atom stereocenters. The van der Waals surface area contributed by atoms with Crippen molar-refractivity contribution >= 4 is 44.1 Å². The van der Waals surface area contributed by atoms with Gasteiger partial charge in [-0.3, -0.25) is 4.98 Å². The first kappa shape index (κ1) is 14.4. The highest BCUT2D eigenvalue weighted by atomic mass is 79.9. The number of anilines is 1. The van der Waals surface area contributed by atoms with Crippen LogP contribution < -0.4 is 5.32 Å². The Kier molecular flexibility index (Phi) is 4.13. The first-order valence-corrected chi connectivity index (χ1v) is 7.84. The van der Waals surface area contributed by atoms with Crippen molar-refractivity contribution in [1.29, 1.82) is 0 Å². The molecule has 0 saturated heterocycles. The highest BCUT2D eigenvalue weighted by Crippen LogP contribution is 2.28. The first-order chi connectivity index (χ1) is 10.1. The average molecular weight is 362 g/mol. The maximum absolute atomic E-state index is 6.19. The topological polar surface area (TPSA) is 24.9 Å². The number of benzene rings is 2. The molecule has 2 nitrogen and oxygen atoms in total. The lowest BCUT2D eigenvalue weighted by Crippen LogP contribution is -2.00. The number of nitrogens with zero attached hydrogens (tertiary/aromatic N) is 1. The summed E-state index contributed by atoms with van der Waals surface area (Å²) in [6.07, 6.45) is 1.76. The normalized spacial score (nSPS) is 10.8. The maximum atomic E-state index is 6.19. The van der Waals surface area contributed by atoms with E-state index >= 15 is 0 Å². The van der Waals surface area contributed by atoms with E-state index in [2.05, 4.69) is 51.4 Å². The largest absolute Gasteiger partial charge is 0.380 e. The van der Waals surface area contributed by atoms with Gasteiger partial charge in [0.15, 0.2) is 0 Å². The molecule has 3 rings (SSSR count). The number of halogens is 2. The van der Waals surface area contributed by atoms with Gasteiger partial charge < -0.3 is 5.32 Å². The molecule has 0 unspecified atom stereocenters. The summed E-state index contributed by atoms with van der Waals surface area (Å²) >= 11 is 9.75. The molecule has 0 aliphatic carbocycles. The van der Waals surface area contributed by atoms with Crippen LogP contribution in [0.2, 0.25) is 5.02 Å². The van der Waals surface area contributed by atoms with Gasteiger partial charge in [0, 0.05) is 28.3 Å². The number of pyridine rings is 1. The van der Waals surface area contributed by atoms with Crippen molar-refractivity contribution < 1.29 is 0 Å². The van der Waals surface area contributed by atoms with Crippen molar-refractivity contribution in [1.82, 2.24) is 4.98 Å². The molecule has 1 heterocycles. The Bertz CT molecular complexity index is 802. The predicted molar refractivity (Wildman–Crippen MR) is 93.0 cm³/mol. The van der Waals surface area contributed by atoms with E-state index in [1.165, 1.54) is 11.1 Å². The van der Waals surface area contributed by atoms with Crippen molar-refractivity contribution in [3.05, 3.63) is 69.3 Å². The lowest BCUT2D eigenvalue weighted by molar-refractivity contribution is 1.14. The van der Waals surface area contributed by atoms with Gasteiger partial charge in [0.2, 0.25) is 0 Å². The Morgan fingerprint density at radius 2 is 2.05 bits per heavy atom. The minimum atomic E-state index is 0.675. The summed E-state index contributed by atoms with van der Waals surface area (Å²) in [5, 5.41) is 5.17. The minimum absolute atomic E-state index is 0.675. The van der Waals surface area contributed by atoms with Crippen LogP contribution in [0, 0.1) is 6.92 Å². The molecular formula is C17H14BrClN2. The zero-order valence-electron chi connectivity index (χ0n) is 11.5. The second-order valence-corrected chi connectivity index (χ2v) is 6.19. The summed E-state index contributed by atoms with van der Waals surface area (Å²) in [6.45, 7) is 2.84. The molecule has 2 aromatic carbocycles. The Morgan fingerprint density at radius 1 is 1.19 bits per heavy atom. The van der Waals surface area contributed by atoms with Gasteiger partial charge in [-0.1, -0.05) is 39.7 Å². The van der Waals surface area contributed by atoms with E-state index in [0.29, 0.717) is 5.02 Å². The lowest BCUT2D eigenvalue weighted by atomic mass is 10.1. The Morgan fingerprint density at radius 3 is 2.86 bits per heavy atom. The van der Waals surface area contributed by atoms with Gasteiger partial charge in [-0.25, -0.2) is 0 Å². The number of nitrogens with one attached hydrogen (secondary N) is 1. The van der Waals surface area contributed by atoms with E-state index in [1.54, 1.807) is 6.20 Å². The second-order valence-electron chi connectivity index (χ2n) is 4.93. The standard InChI is InChI=1S/C17H14BrClN2/c1-11-4-5-12(9-14(11)18)10-21-16-7-6-15(19)17-13(16)3-2-8-20-17/h2-9,21H,10H2,1H3. The number of aryl methyl sites for hydroxylation is 1. The minimum Gasteiger partial charge on any atom is -0.380 e. The maximum Gasteiger partial charge on any atom is 0.0908 e. The van der Waals surface area contributed by atoms with Crippen LogP contribution >= 0.6 is 27.5 Å². The number of hydrogen-bond donors (Lipinski definition) is 1. The molecule has 1 N–H and O–H groups in total. The molecule has 0 radical (unpaired) electrons. The van der Waals surface area contributed by atoms with Crippen LogP contribution in [0.4, 0.5) is 5.69 Å². The van der Waals surface area contributed by atoms with Crippen LogP contribution in [-0.2, 0) is 6.54 Å². The van der Waals surface area contributed by atoms with Crippen molar-refractivity contribution in [2.75, 3.05) is 5.32 Å². The van der Waals surface area contributed by atoms with Gasteiger partial charge in [-0.2, -0.15) is 0 Å². The summed E-state index contributed by atoms with van der Waals surface area (Å²) in [4.78, 5) is 4.34. The van der Waals surface area contributed by atoms with E-state index in [1.807, 2.05) is 24.3 Å². The summed E-state index contributed by atoms with van der Waals surface area (Å²) in [5.41, 5.74) is 4.33. The first-order valence-electron chi connectivity index (χ1n) is 6.67. The average Bonchev–Trinajstić information content (AvgIpc) is 2.50. The second kappa shape index (κ2) is 6.04. The van der Waals surface area contributed by atoms with E-state index in [9.17, 15) is 0 Å². The molecule has 0 spiro atoms. The van der Waals surface area contributed by atoms with Gasteiger partial charge in [-0.05, 0) is 48.4 Å². The molecule has 106 valence electrons.